The molecule has 104 valence electrons. The minimum absolute atomic E-state index is 0.0959. The molecule has 0 atom stereocenters. The molecule has 0 bridgehead atoms. The van der Waals surface area contributed by atoms with Crippen molar-refractivity contribution in [3.05, 3.63) is 28.2 Å². The number of halogens is 1. The van der Waals surface area contributed by atoms with Gasteiger partial charge >= 0.3 is 0 Å². The van der Waals surface area contributed by atoms with E-state index in [1.165, 1.54) is 38.2 Å². The van der Waals surface area contributed by atoms with E-state index >= 15 is 0 Å². The van der Waals surface area contributed by atoms with E-state index in [4.69, 9.17) is 0 Å². The van der Waals surface area contributed by atoms with E-state index in [0.717, 1.165) is 12.3 Å². The van der Waals surface area contributed by atoms with E-state index in [2.05, 4.69) is 21.2 Å². The molecular formula is C15H20BrNO2. The first-order valence-electron chi connectivity index (χ1n) is 6.93. The van der Waals surface area contributed by atoms with Crippen LogP contribution in [0.3, 0.4) is 0 Å². The molecule has 1 fully saturated rings. The van der Waals surface area contributed by atoms with Crippen LogP contribution in [-0.2, 0) is 0 Å². The highest BCUT2D eigenvalue weighted by Gasteiger charge is 2.14. The largest absolute Gasteiger partial charge is 0.507 e. The normalized spacial score (nSPS) is 15.6. The first-order chi connectivity index (χ1) is 9.16. The van der Waals surface area contributed by atoms with E-state index in [9.17, 15) is 9.90 Å². The molecule has 0 spiro atoms. The Labute approximate surface area is 122 Å². The zero-order valence-electron chi connectivity index (χ0n) is 11.0. The van der Waals surface area contributed by atoms with E-state index in [-0.39, 0.29) is 11.7 Å². The Bertz CT molecular complexity index is 442. The summed E-state index contributed by atoms with van der Waals surface area (Å²) >= 11 is 3.20. The van der Waals surface area contributed by atoms with Gasteiger partial charge in [0.2, 0.25) is 0 Å². The van der Waals surface area contributed by atoms with Gasteiger partial charge in [-0.3, -0.25) is 4.79 Å². The minimum Gasteiger partial charge on any atom is -0.507 e. The van der Waals surface area contributed by atoms with Crippen LogP contribution in [0.5, 0.6) is 5.75 Å². The van der Waals surface area contributed by atoms with Crippen LogP contribution in [0.4, 0.5) is 0 Å². The Morgan fingerprint density at radius 3 is 2.79 bits per heavy atom. The number of hydrogen-bond acceptors (Lipinski definition) is 2. The van der Waals surface area contributed by atoms with Crippen LogP contribution in [-0.4, -0.2) is 17.6 Å². The minimum atomic E-state index is -0.116. The van der Waals surface area contributed by atoms with Gasteiger partial charge in [-0.05, 0) is 52.9 Å². The lowest BCUT2D eigenvalue weighted by Gasteiger charge is -2.09. The average Bonchev–Trinajstić information content (AvgIpc) is 2.91. The first-order valence-corrected chi connectivity index (χ1v) is 7.73. The first kappa shape index (κ1) is 14.4. The molecule has 1 amide bonds. The molecule has 0 aromatic heterocycles. The maximum Gasteiger partial charge on any atom is 0.251 e. The van der Waals surface area contributed by atoms with Gasteiger partial charge in [-0.1, -0.05) is 25.7 Å². The van der Waals surface area contributed by atoms with E-state index in [0.29, 0.717) is 16.6 Å². The van der Waals surface area contributed by atoms with Gasteiger partial charge in [0.05, 0.1) is 4.47 Å². The third kappa shape index (κ3) is 4.23. The van der Waals surface area contributed by atoms with Crippen molar-refractivity contribution in [2.75, 3.05) is 6.54 Å². The van der Waals surface area contributed by atoms with Gasteiger partial charge in [0.1, 0.15) is 5.75 Å². The third-order valence-electron chi connectivity index (χ3n) is 3.76. The van der Waals surface area contributed by atoms with E-state index in [1.807, 2.05) is 0 Å². The van der Waals surface area contributed by atoms with Crippen LogP contribution in [0.15, 0.2) is 22.7 Å². The smallest absolute Gasteiger partial charge is 0.251 e. The summed E-state index contributed by atoms with van der Waals surface area (Å²) in [4.78, 5) is 11.9. The summed E-state index contributed by atoms with van der Waals surface area (Å²) in [5.74, 6) is 0.849. The number of amides is 1. The number of phenols is 1. The fourth-order valence-electron chi connectivity index (χ4n) is 2.65. The zero-order valence-corrected chi connectivity index (χ0v) is 12.6. The second kappa shape index (κ2) is 6.94. The number of rotatable bonds is 5. The number of hydrogen-bond donors (Lipinski definition) is 2. The Balaban J connectivity index is 1.72. The lowest BCUT2D eigenvalue weighted by molar-refractivity contribution is 0.0952. The highest BCUT2D eigenvalue weighted by Crippen LogP contribution is 2.28. The fraction of sp³-hybridized carbons (Fsp3) is 0.533. The topological polar surface area (TPSA) is 49.3 Å². The van der Waals surface area contributed by atoms with Crippen molar-refractivity contribution in [1.29, 1.82) is 0 Å². The molecule has 2 N–H and O–H groups in total. The van der Waals surface area contributed by atoms with Gasteiger partial charge in [-0.25, -0.2) is 0 Å². The monoisotopic (exact) mass is 325 g/mol. The van der Waals surface area contributed by atoms with Crippen LogP contribution in [0.2, 0.25) is 0 Å². The Morgan fingerprint density at radius 2 is 2.11 bits per heavy atom. The molecule has 2 rings (SSSR count). The van der Waals surface area contributed by atoms with Crippen molar-refractivity contribution >= 4 is 21.8 Å². The van der Waals surface area contributed by atoms with Crippen molar-refractivity contribution in [2.24, 2.45) is 5.92 Å². The number of carbonyl (C=O) groups excluding carboxylic acids is 1. The van der Waals surface area contributed by atoms with Gasteiger partial charge in [0, 0.05) is 12.1 Å². The molecule has 0 aliphatic heterocycles. The number of carbonyl (C=O) groups is 1. The number of nitrogens with one attached hydrogen (secondary N) is 1. The lowest BCUT2D eigenvalue weighted by atomic mass is 10.0. The second-order valence-electron chi connectivity index (χ2n) is 5.21. The molecule has 1 saturated carbocycles. The standard InChI is InChI=1S/C15H20BrNO2/c16-13-8-7-12(10-14(13)18)15(19)17-9-3-6-11-4-1-2-5-11/h7-8,10-11,18H,1-6,9H2,(H,17,19). The van der Waals surface area contributed by atoms with Crippen molar-refractivity contribution in [2.45, 2.75) is 38.5 Å². The quantitative estimate of drug-likeness (QED) is 0.808. The lowest BCUT2D eigenvalue weighted by Crippen LogP contribution is -2.24. The summed E-state index contributed by atoms with van der Waals surface area (Å²) in [6, 6.07) is 4.87. The van der Waals surface area contributed by atoms with Crippen LogP contribution >= 0.6 is 15.9 Å². The predicted molar refractivity (Wildman–Crippen MR) is 79.3 cm³/mol. The van der Waals surface area contributed by atoms with Crippen LogP contribution in [0, 0.1) is 5.92 Å². The number of benzene rings is 1. The maximum absolute atomic E-state index is 11.9. The highest BCUT2D eigenvalue weighted by atomic mass is 79.9. The summed E-state index contributed by atoms with van der Waals surface area (Å²) in [6.07, 6.45) is 7.71. The molecule has 1 aromatic rings. The molecule has 1 aliphatic rings. The SMILES string of the molecule is O=C(NCCCC1CCCC1)c1ccc(Br)c(O)c1. The van der Waals surface area contributed by atoms with Crippen LogP contribution in [0.25, 0.3) is 0 Å². The van der Waals surface area contributed by atoms with Crippen molar-refractivity contribution < 1.29 is 9.90 Å². The molecule has 1 aliphatic carbocycles. The molecular weight excluding hydrogens is 306 g/mol. The van der Waals surface area contributed by atoms with Gasteiger partial charge in [-0.2, -0.15) is 0 Å². The summed E-state index contributed by atoms with van der Waals surface area (Å²) in [5, 5.41) is 12.4. The average molecular weight is 326 g/mol. The fourth-order valence-corrected chi connectivity index (χ4v) is 2.89. The van der Waals surface area contributed by atoms with Crippen molar-refractivity contribution in [3.8, 4) is 5.75 Å². The van der Waals surface area contributed by atoms with Crippen molar-refractivity contribution in [1.82, 2.24) is 5.32 Å². The van der Waals surface area contributed by atoms with E-state index < -0.39 is 0 Å². The third-order valence-corrected chi connectivity index (χ3v) is 4.43. The van der Waals surface area contributed by atoms with Crippen molar-refractivity contribution in [3.63, 3.8) is 0 Å². The molecule has 0 unspecified atom stereocenters. The molecule has 4 heteroatoms. The maximum atomic E-state index is 11.9. The molecule has 19 heavy (non-hydrogen) atoms. The highest BCUT2D eigenvalue weighted by molar-refractivity contribution is 9.10. The summed E-state index contributed by atoms with van der Waals surface area (Å²) < 4.78 is 0.602. The molecule has 3 nitrogen and oxygen atoms in total. The van der Waals surface area contributed by atoms with Gasteiger partial charge in [0.25, 0.3) is 5.91 Å². The summed E-state index contributed by atoms with van der Waals surface area (Å²) in [6.45, 7) is 0.714. The second-order valence-corrected chi connectivity index (χ2v) is 6.07. The predicted octanol–water partition coefficient (Wildman–Crippen LogP) is 3.85. The molecule has 1 aromatic carbocycles. The molecule has 0 saturated heterocycles. The summed E-state index contributed by atoms with van der Waals surface area (Å²) in [5.41, 5.74) is 0.501. The van der Waals surface area contributed by atoms with E-state index in [1.54, 1.807) is 12.1 Å². The number of aromatic hydroxyl groups is 1. The number of phenolic OH excluding ortho intramolecular Hbond substituents is 1. The zero-order chi connectivity index (χ0) is 13.7. The molecule has 0 radical (unpaired) electrons. The van der Waals surface area contributed by atoms with Gasteiger partial charge < -0.3 is 10.4 Å². The Morgan fingerprint density at radius 1 is 1.37 bits per heavy atom. The van der Waals surface area contributed by atoms with Crippen LogP contribution in [0.1, 0.15) is 48.9 Å². The van der Waals surface area contributed by atoms with Gasteiger partial charge in [-0.15, -0.1) is 0 Å². The van der Waals surface area contributed by atoms with Crippen LogP contribution < -0.4 is 5.32 Å². The van der Waals surface area contributed by atoms with Gasteiger partial charge in [0.15, 0.2) is 0 Å². The summed E-state index contributed by atoms with van der Waals surface area (Å²) in [7, 11) is 0. The Hall–Kier alpha value is -1.03. The molecule has 0 heterocycles. The Kier molecular flexibility index (Phi) is 5.25.